The molecule has 2 aromatic carbocycles. The summed E-state index contributed by atoms with van der Waals surface area (Å²) in [5.41, 5.74) is 1.58. The molecule has 162 valence electrons. The maximum atomic E-state index is 12.1. The van der Waals surface area contributed by atoms with Gasteiger partial charge in [-0.25, -0.2) is 0 Å². The van der Waals surface area contributed by atoms with Crippen LogP contribution in [0.15, 0.2) is 65.2 Å². The SMILES string of the molecule is O=C(Cc1cc(COCc2cccc(Oc3ccccc3)c2)on1)NCC1CCOC1. The van der Waals surface area contributed by atoms with E-state index in [2.05, 4.69) is 10.5 Å². The van der Waals surface area contributed by atoms with Gasteiger partial charge in [0.15, 0.2) is 5.76 Å². The van der Waals surface area contributed by atoms with Crippen molar-refractivity contribution in [3.05, 3.63) is 77.7 Å². The highest BCUT2D eigenvalue weighted by atomic mass is 16.5. The fourth-order valence-electron chi connectivity index (χ4n) is 3.33. The Morgan fingerprint density at radius 1 is 1.06 bits per heavy atom. The van der Waals surface area contributed by atoms with Crippen molar-refractivity contribution in [3.63, 3.8) is 0 Å². The van der Waals surface area contributed by atoms with Crippen molar-refractivity contribution in [1.29, 1.82) is 0 Å². The maximum absolute atomic E-state index is 12.1. The van der Waals surface area contributed by atoms with Crippen molar-refractivity contribution in [3.8, 4) is 11.5 Å². The first-order valence-electron chi connectivity index (χ1n) is 10.4. The number of hydrogen-bond acceptors (Lipinski definition) is 6. The third-order valence-electron chi connectivity index (χ3n) is 4.95. The van der Waals surface area contributed by atoms with Crippen LogP contribution in [0.3, 0.4) is 0 Å². The Bertz CT molecular complexity index is 967. The molecule has 31 heavy (non-hydrogen) atoms. The van der Waals surface area contributed by atoms with Crippen LogP contribution in [0.1, 0.15) is 23.4 Å². The molecule has 0 saturated carbocycles. The molecule has 1 saturated heterocycles. The van der Waals surface area contributed by atoms with Crippen LogP contribution in [-0.4, -0.2) is 30.8 Å². The van der Waals surface area contributed by atoms with Gasteiger partial charge in [-0.1, -0.05) is 35.5 Å². The summed E-state index contributed by atoms with van der Waals surface area (Å²) >= 11 is 0. The minimum absolute atomic E-state index is 0.0668. The Hall–Kier alpha value is -3.16. The summed E-state index contributed by atoms with van der Waals surface area (Å²) in [6.07, 6.45) is 1.18. The normalized spacial score (nSPS) is 15.7. The van der Waals surface area contributed by atoms with Crippen molar-refractivity contribution in [2.24, 2.45) is 5.92 Å². The third kappa shape index (κ3) is 6.67. The van der Waals surface area contributed by atoms with E-state index < -0.39 is 0 Å². The fourth-order valence-corrected chi connectivity index (χ4v) is 3.33. The van der Waals surface area contributed by atoms with E-state index in [1.807, 2.05) is 54.6 Å². The molecule has 1 aliphatic heterocycles. The van der Waals surface area contributed by atoms with Gasteiger partial charge in [-0.2, -0.15) is 0 Å². The van der Waals surface area contributed by atoms with E-state index >= 15 is 0 Å². The van der Waals surface area contributed by atoms with Crippen molar-refractivity contribution < 1.29 is 23.5 Å². The fraction of sp³-hybridized carbons (Fsp3) is 0.333. The lowest BCUT2D eigenvalue weighted by Gasteiger charge is -2.08. The highest BCUT2D eigenvalue weighted by Gasteiger charge is 2.17. The number of nitrogens with one attached hydrogen (secondary N) is 1. The summed E-state index contributed by atoms with van der Waals surface area (Å²) in [5, 5.41) is 6.89. The predicted molar refractivity (Wildman–Crippen MR) is 114 cm³/mol. The predicted octanol–water partition coefficient (Wildman–Crippen LogP) is 3.88. The van der Waals surface area contributed by atoms with Gasteiger partial charge >= 0.3 is 0 Å². The molecule has 3 aromatic rings. The number of hydrogen-bond donors (Lipinski definition) is 1. The van der Waals surface area contributed by atoms with Crippen LogP contribution in [0.2, 0.25) is 0 Å². The van der Waals surface area contributed by atoms with Crippen molar-refractivity contribution in [1.82, 2.24) is 10.5 Å². The van der Waals surface area contributed by atoms with Crippen LogP contribution in [-0.2, 0) is 33.9 Å². The van der Waals surface area contributed by atoms with Gasteiger partial charge in [-0.05, 0) is 36.2 Å². The highest BCUT2D eigenvalue weighted by molar-refractivity contribution is 5.78. The first-order chi connectivity index (χ1) is 15.2. The zero-order valence-electron chi connectivity index (χ0n) is 17.3. The largest absolute Gasteiger partial charge is 0.457 e. The third-order valence-corrected chi connectivity index (χ3v) is 4.95. The van der Waals surface area contributed by atoms with Gasteiger partial charge in [0.25, 0.3) is 0 Å². The first kappa shape index (κ1) is 21.1. The Kier molecular flexibility index (Phi) is 7.31. The van der Waals surface area contributed by atoms with E-state index in [-0.39, 0.29) is 18.9 Å². The Morgan fingerprint density at radius 3 is 2.77 bits per heavy atom. The standard InChI is InChI=1S/C24H26N2O5/c27-24(25-14-19-9-10-28-16-19)13-20-12-23(31-26-20)17-29-15-18-5-4-8-22(11-18)30-21-6-2-1-3-7-21/h1-8,11-12,19H,9-10,13-17H2,(H,25,27). The molecule has 0 radical (unpaired) electrons. The number of ether oxygens (including phenoxy) is 3. The van der Waals surface area contributed by atoms with Crippen LogP contribution in [0.5, 0.6) is 11.5 Å². The summed E-state index contributed by atoms with van der Waals surface area (Å²) < 4.78 is 22.2. The smallest absolute Gasteiger partial charge is 0.226 e. The second-order valence-corrected chi connectivity index (χ2v) is 7.55. The topological polar surface area (TPSA) is 82.8 Å². The number of aromatic nitrogens is 1. The molecule has 0 bridgehead atoms. The van der Waals surface area contributed by atoms with Crippen molar-refractivity contribution >= 4 is 5.91 Å². The molecule has 4 rings (SSSR count). The Morgan fingerprint density at radius 2 is 1.94 bits per heavy atom. The van der Waals surface area contributed by atoms with E-state index in [9.17, 15) is 4.79 Å². The van der Waals surface area contributed by atoms with E-state index in [4.69, 9.17) is 18.7 Å². The molecule has 7 nitrogen and oxygen atoms in total. The van der Waals surface area contributed by atoms with Gasteiger partial charge < -0.3 is 24.1 Å². The molecule has 1 unspecified atom stereocenters. The maximum Gasteiger partial charge on any atom is 0.226 e. The number of carbonyl (C=O) groups excluding carboxylic acids is 1. The van der Waals surface area contributed by atoms with E-state index in [0.717, 1.165) is 30.1 Å². The van der Waals surface area contributed by atoms with Crippen LogP contribution in [0.4, 0.5) is 0 Å². The molecule has 1 aromatic heterocycles. The molecule has 1 fully saturated rings. The second-order valence-electron chi connectivity index (χ2n) is 7.55. The van der Waals surface area contributed by atoms with E-state index in [1.54, 1.807) is 6.07 Å². The molecular weight excluding hydrogens is 396 g/mol. The van der Waals surface area contributed by atoms with Gasteiger partial charge in [-0.15, -0.1) is 0 Å². The number of nitrogens with zero attached hydrogens (tertiary/aromatic N) is 1. The van der Waals surface area contributed by atoms with Crippen LogP contribution >= 0.6 is 0 Å². The van der Waals surface area contributed by atoms with E-state index in [0.29, 0.717) is 37.1 Å². The van der Waals surface area contributed by atoms with Gasteiger partial charge in [0.1, 0.15) is 18.1 Å². The van der Waals surface area contributed by atoms with E-state index in [1.165, 1.54) is 0 Å². The average Bonchev–Trinajstić information content (AvgIpc) is 3.46. The van der Waals surface area contributed by atoms with Crippen molar-refractivity contribution in [2.45, 2.75) is 26.1 Å². The first-order valence-corrected chi connectivity index (χ1v) is 10.4. The molecular formula is C24H26N2O5. The number of carbonyl (C=O) groups is 1. The number of para-hydroxylation sites is 1. The summed E-state index contributed by atoms with van der Waals surface area (Å²) in [7, 11) is 0. The summed E-state index contributed by atoms with van der Waals surface area (Å²) in [4.78, 5) is 12.1. The zero-order chi connectivity index (χ0) is 21.3. The minimum Gasteiger partial charge on any atom is -0.457 e. The number of amides is 1. The summed E-state index contributed by atoms with van der Waals surface area (Å²) in [5.74, 6) is 2.47. The van der Waals surface area contributed by atoms with Gasteiger partial charge in [-0.3, -0.25) is 4.79 Å². The summed E-state index contributed by atoms with van der Waals surface area (Å²) in [6.45, 7) is 2.81. The molecule has 1 N–H and O–H groups in total. The Labute approximate surface area is 181 Å². The lowest BCUT2D eigenvalue weighted by molar-refractivity contribution is -0.120. The lowest BCUT2D eigenvalue weighted by Crippen LogP contribution is -2.30. The molecule has 2 heterocycles. The van der Waals surface area contributed by atoms with Crippen LogP contribution in [0, 0.1) is 5.92 Å². The monoisotopic (exact) mass is 422 g/mol. The molecule has 0 aliphatic carbocycles. The minimum atomic E-state index is -0.0668. The number of rotatable bonds is 10. The Balaban J connectivity index is 1.20. The molecule has 1 amide bonds. The van der Waals surface area contributed by atoms with Gasteiger partial charge in [0.05, 0.1) is 25.3 Å². The second kappa shape index (κ2) is 10.7. The quantitative estimate of drug-likeness (QED) is 0.534. The van der Waals surface area contributed by atoms with Crippen molar-refractivity contribution in [2.75, 3.05) is 19.8 Å². The van der Waals surface area contributed by atoms with Gasteiger partial charge in [0, 0.05) is 25.1 Å². The molecule has 1 aliphatic rings. The van der Waals surface area contributed by atoms with Crippen LogP contribution in [0.25, 0.3) is 0 Å². The lowest BCUT2D eigenvalue weighted by atomic mass is 10.1. The summed E-state index contributed by atoms with van der Waals surface area (Å²) in [6, 6.07) is 19.1. The molecule has 0 spiro atoms. The molecule has 1 atom stereocenters. The van der Waals surface area contributed by atoms with Crippen LogP contribution < -0.4 is 10.1 Å². The average molecular weight is 422 g/mol. The zero-order valence-corrected chi connectivity index (χ0v) is 17.3. The van der Waals surface area contributed by atoms with Gasteiger partial charge in [0.2, 0.25) is 5.91 Å². The highest BCUT2D eigenvalue weighted by Crippen LogP contribution is 2.22. The number of benzene rings is 2. The molecule has 7 heteroatoms.